The molecule has 0 aromatic heterocycles. The van der Waals surface area contributed by atoms with Crippen LogP contribution in [0.4, 0.5) is 0 Å². The second-order valence-electron chi connectivity index (χ2n) is 9.24. The quantitative estimate of drug-likeness (QED) is 0.634. The van der Waals surface area contributed by atoms with E-state index in [4.69, 9.17) is 5.26 Å². The Hall–Kier alpha value is -1.57. The summed E-state index contributed by atoms with van der Waals surface area (Å²) in [6.45, 7) is 5.61. The Morgan fingerprint density at radius 2 is 1.71 bits per heavy atom. The molecule has 0 saturated heterocycles. The van der Waals surface area contributed by atoms with Gasteiger partial charge in [0.2, 0.25) is 11.8 Å². The molecule has 28 heavy (non-hydrogen) atoms. The molecule has 1 N–H and O–H groups in total. The first kappa shape index (κ1) is 22.7. The lowest BCUT2D eigenvalue weighted by molar-refractivity contribution is -0.136. The van der Waals surface area contributed by atoms with Gasteiger partial charge in [0.05, 0.1) is 12.5 Å². The molecule has 0 bridgehead atoms. The number of carbonyl (C=O) groups excluding carboxylic acids is 2. The SMILES string of the molecule is CC(C)CCN(CCC#N)C(=O)C1CCC(NC(=O)CC2CCCCC2)CC1. The zero-order valence-electron chi connectivity index (χ0n) is 17.9. The van der Waals surface area contributed by atoms with E-state index in [1.807, 2.05) is 4.90 Å². The van der Waals surface area contributed by atoms with Gasteiger partial charge < -0.3 is 10.2 Å². The van der Waals surface area contributed by atoms with Crippen molar-refractivity contribution in [2.75, 3.05) is 13.1 Å². The minimum atomic E-state index is 0.0531. The van der Waals surface area contributed by atoms with Gasteiger partial charge in [0, 0.05) is 31.5 Å². The van der Waals surface area contributed by atoms with Crippen molar-refractivity contribution >= 4 is 11.8 Å². The topological polar surface area (TPSA) is 73.2 Å². The predicted molar refractivity (Wildman–Crippen MR) is 111 cm³/mol. The fourth-order valence-electron chi connectivity index (χ4n) is 4.61. The summed E-state index contributed by atoms with van der Waals surface area (Å²) >= 11 is 0. The average molecular weight is 390 g/mol. The molecule has 0 aromatic rings. The highest BCUT2D eigenvalue weighted by Crippen LogP contribution is 2.28. The highest BCUT2D eigenvalue weighted by atomic mass is 16.2. The van der Waals surface area contributed by atoms with Crippen molar-refractivity contribution in [2.24, 2.45) is 17.8 Å². The van der Waals surface area contributed by atoms with Gasteiger partial charge in [-0.25, -0.2) is 0 Å². The molecule has 2 aliphatic rings. The van der Waals surface area contributed by atoms with Crippen LogP contribution in [0.3, 0.4) is 0 Å². The van der Waals surface area contributed by atoms with E-state index in [1.54, 1.807) is 0 Å². The normalized spacial score (nSPS) is 23.2. The number of nitrogens with zero attached hydrogens (tertiary/aromatic N) is 2. The first-order chi connectivity index (χ1) is 13.5. The Labute approximate surface area is 171 Å². The van der Waals surface area contributed by atoms with Crippen molar-refractivity contribution in [1.82, 2.24) is 10.2 Å². The zero-order chi connectivity index (χ0) is 20.4. The molecule has 5 nitrogen and oxygen atoms in total. The molecule has 2 fully saturated rings. The third-order valence-corrected chi connectivity index (χ3v) is 6.42. The zero-order valence-corrected chi connectivity index (χ0v) is 17.9. The molecule has 0 aromatic carbocycles. The lowest BCUT2D eigenvalue weighted by Crippen LogP contribution is -2.43. The number of rotatable bonds is 9. The van der Waals surface area contributed by atoms with Gasteiger partial charge >= 0.3 is 0 Å². The Morgan fingerprint density at radius 3 is 2.32 bits per heavy atom. The number of nitriles is 1. The van der Waals surface area contributed by atoms with E-state index in [9.17, 15) is 9.59 Å². The smallest absolute Gasteiger partial charge is 0.225 e. The Morgan fingerprint density at radius 1 is 1.04 bits per heavy atom. The average Bonchev–Trinajstić information content (AvgIpc) is 2.68. The van der Waals surface area contributed by atoms with Crippen LogP contribution in [-0.4, -0.2) is 35.8 Å². The summed E-state index contributed by atoms with van der Waals surface area (Å²) in [6, 6.07) is 2.39. The van der Waals surface area contributed by atoms with Gasteiger partial charge in [0.15, 0.2) is 0 Å². The largest absolute Gasteiger partial charge is 0.353 e. The molecule has 0 unspecified atom stereocenters. The highest BCUT2D eigenvalue weighted by Gasteiger charge is 2.30. The van der Waals surface area contributed by atoms with E-state index < -0.39 is 0 Å². The fourth-order valence-corrected chi connectivity index (χ4v) is 4.61. The molecule has 2 amide bonds. The maximum absolute atomic E-state index is 12.9. The van der Waals surface area contributed by atoms with Gasteiger partial charge in [-0.15, -0.1) is 0 Å². The third kappa shape index (κ3) is 7.81. The number of carbonyl (C=O) groups is 2. The van der Waals surface area contributed by atoms with Crippen LogP contribution in [0.15, 0.2) is 0 Å². The van der Waals surface area contributed by atoms with Gasteiger partial charge in [-0.1, -0.05) is 33.1 Å². The van der Waals surface area contributed by atoms with Gasteiger partial charge in [0.1, 0.15) is 0 Å². The summed E-state index contributed by atoms with van der Waals surface area (Å²) in [4.78, 5) is 27.2. The van der Waals surface area contributed by atoms with Gasteiger partial charge in [-0.2, -0.15) is 5.26 Å². The first-order valence-corrected chi connectivity index (χ1v) is 11.4. The van der Waals surface area contributed by atoms with Crippen molar-refractivity contribution in [3.63, 3.8) is 0 Å². The molecule has 5 heteroatoms. The van der Waals surface area contributed by atoms with Crippen LogP contribution in [0.1, 0.15) is 90.9 Å². The van der Waals surface area contributed by atoms with Gasteiger partial charge in [-0.05, 0) is 56.8 Å². The monoisotopic (exact) mass is 389 g/mol. The van der Waals surface area contributed by atoms with Crippen molar-refractivity contribution in [3.8, 4) is 6.07 Å². The summed E-state index contributed by atoms with van der Waals surface area (Å²) in [7, 11) is 0. The molecule has 0 atom stereocenters. The number of hydrogen-bond donors (Lipinski definition) is 1. The van der Waals surface area contributed by atoms with Crippen LogP contribution in [0.5, 0.6) is 0 Å². The second-order valence-corrected chi connectivity index (χ2v) is 9.24. The minimum absolute atomic E-state index is 0.0531. The van der Waals surface area contributed by atoms with E-state index in [-0.39, 0.29) is 23.8 Å². The third-order valence-electron chi connectivity index (χ3n) is 6.42. The van der Waals surface area contributed by atoms with Crippen LogP contribution in [0.25, 0.3) is 0 Å². The standard InChI is InChI=1S/C23H39N3O2/c1-18(2)13-16-26(15-6-14-24)23(28)20-9-11-21(12-10-20)25-22(27)17-19-7-4-3-5-8-19/h18-21H,3-13,15-17H2,1-2H3,(H,25,27). The maximum atomic E-state index is 12.9. The van der Waals surface area contributed by atoms with Crippen molar-refractivity contribution in [3.05, 3.63) is 0 Å². The molecule has 0 spiro atoms. The molecular formula is C23H39N3O2. The molecule has 158 valence electrons. The predicted octanol–water partition coefficient (Wildman–Crippen LogP) is 4.42. The van der Waals surface area contributed by atoms with Crippen LogP contribution in [-0.2, 0) is 9.59 Å². The Bertz CT molecular complexity index is 526. The lowest BCUT2D eigenvalue weighted by Gasteiger charge is -2.33. The van der Waals surface area contributed by atoms with Gasteiger partial charge in [0.25, 0.3) is 0 Å². The Balaban J connectivity index is 1.74. The second kappa shape index (κ2) is 12.1. The lowest BCUT2D eigenvalue weighted by atomic mass is 9.84. The summed E-state index contributed by atoms with van der Waals surface area (Å²) in [5.41, 5.74) is 0. The number of amides is 2. The highest BCUT2D eigenvalue weighted by molar-refractivity contribution is 5.79. The van der Waals surface area contributed by atoms with Crippen LogP contribution < -0.4 is 5.32 Å². The van der Waals surface area contributed by atoms with E-state index in [0.29, 0.717) is 31.2 Å². The van der Waals surface area contributed by atoms with Crippen LogP contribution in [0.2, 0.25) is 0 Å². The van der Waals surface area contributed by atoms with E-state index in [1.165, 1.54) is 32.1 Å². The molecule has 0 radical (unpaired) electrons. The maximum Gasteiger partial charge on any atom is 0.225 e. The van der Waals surface area contributed by atoms with Crippen molar-refractivity contribution in [2.45, 2.75) is 96.9 Å². The van der Waals surface area contributed by atoms with E-state index in [0.717, 1.165) is 38.6 Å². The van der Waals surface area contributed by atoms with E-state index >= 15 is 0 Å². The van der Waals surface area contributed by atoms with Crippen molar-refractivity contribution < 1.29 is 9.59 Å². The van der Waals surface area contributed by atoms with E-state index in [2.05, 4.69) is 25.2 Å². The summed E-state index contributed by atoms with van der Waals surface area (Å²) in [5, 5.41) is 12.1. The summed E-state index contributed by atoms with van der Waals surface area (Å²) < 4.78 is 0. The number of nitrogens with one attached hydrogen (secondary N) is 1. The summed E-state index contributed by atoms with van der Waals surface area (Å²) in [6.07, 6.45) is 11.8. The van der Waals surface area contributed by atoms with Crippen molar-refractivity contribution in [1.29, 1.82) is 5.26 Å². The minimum Gasteiger partial charge on any atom is -0.353 e. The molecular weight excluding hydrogens is 350 g/mol. The van der Waals surface area contributed by atoms with Gasteiger partial charge in [-0.3, -0.25) is 9.59 Å². The first-order valence-electron chi connectivity index (χ1n) is 11.4. The van der Waals surface area contributed by atoms with Crippen LogP contribution in [0, 0.1) is 29.1 Å². The molecule has 0 heterocycles. The fraction of sp³-hybridized carbons (Fsp3) is 0.870. The molecule has 2 aliphatic carbocycles. The molecule has 2 saturated carbocycles. The Kier molecular flexibility index (Phi) is 9.81. The molecule has 0 aliphatic heterocycles. The molecule has 2 rings (SSSR count). The van der Waals surface area contributed by atoms with Crippen LogP contribution >= 0.6 is 0 Å². The summed E-state index contributed by atoms with van der Waals surface area (Å²) in [5.74, 6) is 1.59. The number of hydrogen-bond acceptors (Lipinski definition) is 3.